The smallest absolute Gasteiger partial charge is 0.345 e. The largest absolute Gasteiger partial charge is 0.464 e. The van der Waals surface area contributed by atoms with E-state index in [1.165, 1.54) is 0 Å². The van der Waals surface area contributed by atoms with Crippen LogP contribution in [-0.4, -0.2) is 24.8 Å². The third-order valence-corrected chi connectivity index (χ3v) is 1.83. The van der Waals surface area contributed by atoms with Gasteiger partial charge in [-0.3, -0.25) is 0 Å². The zero-order valence-corrected chi connectivity index (χ0v) is 8.99. The molecule has 0 rings (SSSR count). The van der Waals surface area contributed by atoms with Crippen LogP contribution in [0.3, 0.4) is 0 Å². The van der Waals surface area contributed by atoms with Gasteiger partial charge in [0.2, 0.25) is 5.67 Å². The maximum absolute atomic E-state index is 13.6. The monoisotopic (exact) mass is 213 g/mol. The highest BCUT2D eigenvalue weighted by Gasteiger charge is 2.42. The molecule has 0 spiro atoms. The molecular formula is C8H17ClFNO2. The summed E-state index contributed by atoms with van der Waals surface area (Å²) in [6, 6.07) is 0. The van der Waals surface area contributed by atoms with Crippen molar-refractivity contribution in [1.29, 1.82) is 0 Å². The van der Waals surface area contributed by atoms with Crippen molar-refractivity contribution in [2.24, 2.45) is 11.7 Å². The summed E-state index contributed by atoms with van der Waals surface area (Å²) in [5.41, 5.74) is 3.13. The van der Waals surface area contributed by atoms with Crippen LogP contribution in [0.15, 0.2) is 0 Å². The van der Waals surface area contributed by atoms with Gasteiger partial charge < -0.3 is 10.5 Å². The molecule has 5 heteroatoms. The van der Waals surface area contributed by atoms with Crippen LogP contribution in [0.25, 0.3) is 0 Å². The molecule has 0 amide bonds. The predicted molar refractivity (Wildman–Crippen MR) is 51.6 cm³/mol. The number of esters is 1. The fraction of sp³-hybridized carbons (Fsp3) is 0.875. The van der Waals surface area contributed by atoms with E-state index in [-0.39, 0.29) is 25.6 Å². The lowest BCUT2D eigenvalue weighted by molar-refractivity contribution is -0.159. The first-order chi connectivity index (χ1) is 5.49. The van der Waals surface area contributed by atoms with Crippen LogP contribution in [0.4, 0.5) is 4.39 Å². The van der Waals surface area contributed by atoms with Crippen LogP contribution >= 0.6 is 12.4 Å². The van der Waals surface area contributed by atoms with Crippen molar-refractivity contribution in [3.05, 3.63) is 0 Å². The van der Waals surface area contributed by atoms with Crippen molar-refractivity contribution in [3.63, 3.8) is 0 Å². The van der Waals surface area contributed by atoms with Gasteiger partial charge in [-0.1, -0.05) is 13.8 Å². The summed E-state index contributed by atoms with van der Waals surface area (Å²) in [6.07, 6.45) is 0. The van der Waals surface area contributed by atoms with Crippen LogP contribution < -0.4 is 5.73 Å². The Morgan fingerprint density at radius 3 is 2.31 bits per heavy atom. The number of alkyl halides is 1. The molecule has 0 saturated heterocycles. The average Bonchev–Trinajstić information content (AvgIpc) is 2.03. The Morgan fingerprint density at radius 1 is 1.62 bits per heavy atom. The van der Waals surface area contributed by atoms with Gasteiger partial charge in [0.05, 0.1) is 6.61 Å². The van der Waals surface area contributed by atoms with E-state index in [9.17, 15) is 9.18 Å². The first-order valence-corrected chi connectivity index (χ1v) is 4.05. The molecular weight excluding hydrogens is 197 g/mol. The quantitative estimate of drug-likeness (QED) is 0.717. The Morgan fingerprint density at radius 2 is 2.08 bits per heavy atom. The van der Waals surface area contributed by atoms with Gasteiger partial charge in [0.1, 0.15) is 0 Å². The van der Waals surface area contributed by atoms with Crippen molar-refractivity contribution in [2.75, 3.05) is 13.2 Å². The SMILES string of the molecule is CCOC(=O)C(F)(CN)C(C)C.Cl. The second-order valence-corrected chi connectivity index (χ2v) is 2.94. The van der Waals surface area contributed by atoms with Gasteiger partial charge in [-0.05, 0) is 12.8 Å². The van der Waals surface area contributed by atoms with Gasteiger partial charge in [-0.25, -0.2) is 9.18 Å². The predicted octanol–water partition coefficient (Wildman–Crippen LogP) is 1.29. The second kappa shape index (κ2) is 6.16. The number of carbonyl (C=O) groups excluding carboxylic acids is 1. The first-order valence-electron chi connectivity index (χ1n) is 4.05. The lowest BCUT2D eigenvalue weighted by Gasteiger charge is -2.24. The minimum absolute atomic E-state index is 0. The second-order valence-electron chi connectivity index (χ2n) is 2.94. The fourth-order valence-electron chi connectivity index (χ4n) is 0.806. The lowest BCUT2D eigenvalue weighted by Crippen LogP contribution is -2.47. The van der Waals surface area contributed by atoms with E-state index in [4.69, 9.17) is 5.73 Å². The summed E-state index contributed by atoms with van der Waals surface area (Å²) in [7, 11) is 0. The Labute approximate surface area is 84.2 Å². The maximum Gasteiger partial charge on any atom is 0.345 e. The topological polar surface area (TPSA) is 52.3 Å². The highest BCUT2D eigenvalue weighted by atomic mass is 35.5. The molecule has 13 heavy (non-hydrogen) atoms. The van der Waals surface area contributed by atoms with E-state index in [1.807, 2.05) is 0 Å². The van der Waals surface area contributed by atoms with Gasteiger partial charge in [0.25, 0.3) is 0 Å². The molecule has 2 N–H and O–H groups in total. The molecule has 1 atom stereocenters. The summed E-state index contributed by atoms with van der Waals surface area (Å²) in [4.78, 5) is 11.1. The minimum Gasteiger partial charge on any atom is -0.464 e. The Bertz CT molecular complexity index is 166. The summed E-state index contributed by atoms with van der Waals surface area (Å²) in [6.45, 7) is 4.68. The number of carbonyl (C=O) groups is 1. The number of ether oxygens (including phenoxy) is 1. The average molecular weight is 214 g/mol. The molecule has 0 aliphatic rings. The molecule has 0 radical (unpaired) electrons. The molecule has 0 fully saturated rings. The Kier molecular flexibility index (Phi) is 7.17. The molecule has 80 valence electrons. The van der Waals surface area contributed by atoms with E-state index < -0.39 is 17.6 Å². The zero-order chi connectivity index (χ0) is 9.78. The normalized spacial score (nSPS) is 14.6. The molecule has 1 unspecified atom stereocenters. The first kappa shape index (κ1) is 15.1. The zero-order valence-electron chi connectivity index (χ0n) is 8.17. The van der Waals surface area contributed by atoms with E-state index in [1.54, 1.807) is 20.8 Å². The van der Waals surface area contributed by atoms with Crippen molar-refractivity contribution in [1.82, 2.24) is 0 Å². The summed E-state index contributed by atoms with van der Waals surface area (Å²) in [5, 5.41) is 0. The standard InChI is InChI=1S/C8H16FNO2.ClH/c1-4-12-7(11)8(9,5-10)6(2)3;/h6H,4-5,10H2,1-3H3;1H. The van der Waals surface area contributed by atoms with Crippen molar-refractivity contribution in [3.8, 4) is 0 Å². The van der Waals surface area contributed by atoms with E-state index in [2.05, 4.69) is 4.74 Å². The Balaban J connectivity index is 0. The van der Waals surface area contributed by atoms with Crippen LogP contribution in [0.1, 0.15) is 20.8 Å². The molecule has 0 saturated carbocycles. The molecule has 3 nitrogen and oxygen atoms in total. The lowest BCUT2D eigenvalue weighted by atomic mass is 9.92. The molecule has 0 aromatic rings. The third-order valence-electron chi connectivity index (χ3n) is 1.83. The molecule has 0 heterocycles. The fourth-order valence-corrected chi connectivity index (χ4v) is 0.806. The molecule has 0 aromatic heterocycles. The van der Waals surface area contributed by atoms with Crippen molar-refractivity contribution < 1.29 is 13.9 Å². The Hall–Kier alpha value is -0.350. The summed E-state index contributed by atoms with van der Waals surface area (Å²) in [5.74, 6) is -1.32. The highest BCUT2D eigenvalue weighted by molar-refractivity contribution is 5.85. The van der Waals surface area contributed by atoms with Gasteiger partial charge in [-0.2, -0.15) is 0 Å². The van der Waals surface area contributed by atoms with Crippen LogP contribution in [-0.2, 0) is 9.53 Å². The van der Waals surface area contributed by atoms with E-state index >= 15 is 0 Å². The highest BCUT2D eigenvalue weighted by Crippen LogP contribution is 2.22. The number of halogens is 2. The molecule has 0 bridgehead atoms. The van der Waals surface area contributed by atoms with Crippen LogP contribution in [0.2, 0.25) is 0 Å². The molecule has 0 aliphatic carbocycles. The number of rotatable bonds is 4. The van der Waals surface area contributed by atoms with E-state index in [0.717, 1.165) is 0 Å². The number of hydrogen-bond donors (Lipinski definition) is 1. The number of nitrogens with two attached hydrogens (primary N) is 1. The van der Waals surface area contributed by atoms with Crippen molar-refractivity contribution >= 4 is 18.4 Å². The summed E-state index contributed by atoms with van der Waals surface area (Å²) >= 11 is 0. The van der Waals surface area contributed by atoms with E-state index in [0.29, 0.717) is 0 Å². The van der Waals surface area contributed by atoms with Crippen LogP contribution in [0.5, 0.6) is 0 Å². The van der Waals surface area contributed by atoms with Gasteiger partial charge in [-0.15, -0.1) is 12.4 Å². The van der Waals surface area contributed by atoms with Gasteiger partial charge in [0.15, 0.2) is 0 Å². The molecule has 0 aliphatic heterocycles. The summed E-state index contributed by atoms with van der Waals surface area (Å²) < 4.78 is 18.2. The van der Waals surface area contributed by atoms with Gasteiger partial charge >= 0.3 is 5.97 Å². The van der Waals surface area contributed by atoms with Gasteiger partial charge in [0, 0.05) is 6.54 Å². The number of hydrogen-bond acceptors (Lipinski definition) is 3. The van der Waals surface area contributed by atoms with Crippen molar-refractivity contribution in [2.45, 2.75) is 26.4 Å². The van der Waals surface area contributed by atoms with Crippen LogP contribution in [0, 0.1) is 5.92 Å². The third kappa shape index (κ3) is 3.48. The maximum atomic E-state index is 13.6. The minimum atomic E-state index is -2.03. The molecule has 0 aromatic carbocycles.